The van der Waals surface area contributed by atoms with Crippen LogP contribution in [-0.2, 0) is 0 Å². The summed E-state index contributed by atoms with van der Waals surface area (Å²) in [6.07, 6.45) is 0. The second kappa shape index (κ2) is 12.3. The molecule has 0 bridgehead atoms. The topological polar surface area (TPSA) is 212 Å². The number of furan rings is 1. The van der Waals surface area contributed by atoms with Gasteiger partial charge in [-0.15, -0.1) is 0 Å². The highest BCUT2D eigenvalue weighted by Gasteiger charge is 2.42. The first kappa shape index (κ1) is 33.9. The average Bonchev–Trinajstić information content (AvgIpc) is 3.61. The van der Waals surface area contributed by atoms with E-state index in [1.165, 1.54) is 0 Å². The maximum absolute atomic E-state index is 12.3. The highest BCUT2D eigenvalue weighted by molar-refractivity contribution is 6.75. The first-order chi connectivity index (χ1) is 28.7. The SMILES string of the molecule is Oc1c(O)c2c3c(c1O)OOc1c(-c4nc(-c5ccc(-c6ccccc6)cc5)nc(-c5ccc(-c6ccccc6)cc5)n4)c(O)c4oc5c(O)c(O)c(O)c(c5c4c1-3)B2. The van der Waals surface area contributed by atoms with Gasteiger partial charge in [-0.1, -0.05) is 109 Å². The number of phenolic OH excluding ortho intramolecular Hbond substituents is 7. The maximum Gasteiger partial charge on any atom is 0.231 e. The van der Waals surface area contributed by atoms with E-state index < -0.39 is 40.2 Å². The van der Waals surface area contributed by atoms with Crippen LogP contribution in [0.2, 0.25) is 0 Å². The van der Waals surface area contributed by atoms with Crippen LogP contribution in [0.1, 0.15) is 0 Å². The molecule has 0 aliphatic carbocycles. The molecule has 0 unspecified atom stereocenters. The first-order valence-electron chi connectivity index (χ1n) is 18.3. The fraction of sp³-hybridized carbons (Fsp3) is 0. The van der Waals surface area contributed by atoms with Gasteiger partial charge in [0, 0.05) is 33.0 Å². The number of aromatic hydroxyl groups is 7. The molecule has 0 fully saturated rings. The van der Waals surface area contributed by atoms with Gasteiger partial charge in [0.05, 0.1) is 0 Å². The van der Waals surface area contributed by atoms with Gasteiger partial charge in [-0.25, -0.2) is 15.0 Å². The molecule has 7 N–H and O–H groups in total. The molecule has 2 aliphatic rings. The Balaban J connectivity index is 1.20. The third-order valence-corrected chi connectivity index (χ3v) is 11.0. The fourth-order valence-electron chi connectivity index (χ4n) is 8.08. The largest absolute Gasteiger partial charge is 0.505 e. The van der Waals surface area contributed by atoms with Gasteiger partial charge in [0.1, 0.15) is 5.56 Å². The molecule has 14 heteroatoms. The van der Waals surface area contributed by atoms with E-state index in [2.05, 4.69) is 0 Å². The van der Waals surface area contributed by atoms with Crippen molar-refractivity contribution in [2.45, 2.75) is 0 Å². The second-order valence-corrected chi connectivity index (χ2v) is 14.2. The molecule has 0 spiro atoms. The number of benzene rings is 7. The summed E-state index contributed by atoms with van der Waals surface area (Å²) < 4.78 is 6.11. The Morgan fingerprint density at radius 1 is 0.356 bits per heavy atom. The number of phenols is 7. The monoisotopic (exact) mass is 779 g/mol. The summed E-state index contributed by atoms with van der Waals surface area (Å²) in [6.45, 7) is 0. The zero-order valence-electron chi connectivity index (χ0n) is 30.3. The Morgan fingerprint density at radius 2 is 0.814 bits per heavy atom. The summed E-state index contributed by atoms with van der Waals surface area (Å²) in [7, 11) is -0.363. The van der Waals surface area contributed by atoms with Gasteiger partial charge in [-0.3, -0.25) is 9.78 Å². The normalized spacial score (nSPS) is 12.3. The van der Waals surface area contributed by atoms with E-state index in [0.717, 1.165) is 22.3 Å². The van der Waals surface area contributed by atoms with Crippen LogP contribution in [0.4, 0.5) is 0 Å². The molecular weight excluding hydrogens is 753 g/mol. The molecule has 0 atom stereocenters. The van der Waals surface area contributed by atoms with Gasteiger partial charge in [0.2, 0.25) is 41.8 Å². The molecule has 284 valence electrons. The van der Waals surface area contributed by atoms with Crippen molar-refractivity contribution in [1.29, 1.82) is 0 Å². The Kier molecular flexibility index (Phi) is 7.07. The minimum atomic E-state index is -0.922. The van der Waals surface area contributed by atoms with Gasteiger partial charge in [0.15, 0.2) is 45.9 Å². The molecule has 2 aliphatic heterocycles. The Bertz CT molecular complexity index is 3150. The van der Waals surface area contributed by atoms with E-state index >= 15 is 0 Å². The van der Waals surface area contributed by atoms with Crippen LogP contribution in [0.15, 0.2) is 114 Å². The highest BCUT2D eigenvalue weighted by Crippen LogP contribution is 2.60. The zero-order chi connectivity index (χ0) is 40.3. The van der Waals surface area contributed by atoms with Crippen LogP contribution >= 0.6 is 0 Å². The fourth-order valence-corrected chi connectivity index (χ4v) is 8.08. The Labute approximate surface area is 332 Å². The summed E-state index contributed by atoms with van der Waals surface area (Å²) in [5, 5.41) is 78.4. The lowest BCUT2D eigenvalue weighted by Crippen LogP contribution is -2.30. The molecule has 13 nitrogen and oxygen atoms in total. The minimum absolute atomic E-state index is 0.0186. The minimum Gasteiger partial charge on any atom is -0.505 e. The summed E-state index contributed by atoms with van der Waals surface area (Å²) in [4.78, 5) is 26.1. The van der Waals surface area contributed by atoms with Crippen LogP contribution in [0.5, 0.6) is 51.7 Å². The van der Waals surface area contributed by atoms with Gasteiger partial charge >= 0.3 is 0 Å². The van der Waals surface area contributed by atoms with Crippen molar-refractivity contribution in [3.63, 3.8) is 0 Å². The third-order valence-electron chi connectivity index (χ3n) is 11.0. The molecule has 9 aromatic rings. The lowest BCUT2D eigenvalue weighted by atomic mass is 9.61. The molecule has 0 saturated heterocycles. The lowest BCUT2D eigenvalue weighted by Gasteiger charge is -2.25. The molecule has 4 heterocycles. The molecule has 7 aromatic carbocycles. The van der Waals surface area contributed by atoms with Crippen LogP contribution in [0.25, 0.3) is 89.5 Å². The Morgan fingerprint density at radius 3 is 1.39 bits per heavy atom. The standard InChI is InChI=1S/C45H26BN3O10/c50-32-29(39-25-26-27-30(33(51)35(53)37(55)41(27)57-40(26)32)46-31-28(25)42(59-58-39)38(56)36(54)34(31)52)45-48-43(23-15-11-21(12-16-23)19-7-3-1-4-8-19)47-44(49-45)24-17-13-22(14-18-24)20-9-5-2-6-10-20/h1-18,46,50-56H. The summed E-state index contributed by atoms with van der Waals surface area (Å²) in [5.74, 6) is -5.76. The number of rotatable bonds is 5. The molecule has 0 amide bonds. The zero-order valence-corrected chi connectivity index (χ0v) is 30.3. The van der Waals surface area contributed by atoms with E-state index in [4.69, 9.17) is 29.1 Å². The predicted octanol–water partition coefficient (Wildman–Crippen LogP) is 7.10. The lowest BCUT2D eigenvalue weighted by molar-refractivity contribution is -0.103. The molecule has 2 aromatic heterocycles. The number of nitrogens with zero attached hydrogens (tertiary/aromatic N) is 3. The average molecular weight is 780 g/mol. The number of hydrogen-bond donors (Lipinski definition) is 7. The van der Waals surface area contributed by atoms with Crippen LogP contribution in [0, 0.1) is 0 Å². The van der Waals surface area contributed by atoms with E-state index in [1.54, 1.807) is 0 Å². The van der Waals surface area contributed by atoms with Gasteiger partial charge in [-0.2, -0.15) is 0 Å². The van der Waals surface area contributed by atoms with Crippen molar-refractivity contribution in [2.24, 2.45) is 0 Å². The van der Waals surface area contributed by atoms with Gasteiger partial charge in [-0.05, 0) is 33.2 Å². The van der Waals surface area contributed by atoms with E-state index in [1.807, 2.05) is 109 Å². The second-order valence-electron chi connectivity index (χ2n) is 14.2. The Hall–Kier alpha value is -8.39. The van der Waals surface area contributed by atoms with Crippen LogP contribution in [-0.4, -0.2) is 58.0 Å². The van der Waals surface area contributed by atoms with Gasteiger partial charge < -0.3 is 40.2 Å². The maximum atomic E-state index is 12.3. The smallest absolute Gasteiger partial charge is 0.231 e. The highest BCUT2D eigenvalue weighted by atomic mass is 17.2. The van der Waals surface area contributed by atoms with Crippen LogP contribution < -0.4 is 20.7 Å². The van der Waals surface area contributed by atoms with Gasteiger partial charge in [0.25, 0.3) is 0 Å². The molecule has 0 radical (unpaired) electrons. The molecule has 0 saturated carbocycles. The quantitative estimate of drug-likeness (QED) is 0.0529. The number of hydrogen-bond acceptors (Lipinski definition) is 13. The molecule has 11 rings (SSSR count). The number of aromatic nitrogens is 3. The molecular formula is C45H26BN3O10. The summed E-state index contributed by atoms with van der Waals surface area (Å²) >= 11 is 0. The van der Waals surface area contributed by atoms with E-state index in [-0.39, 0.29) is 85.8 Å². The van der Waals surface area contributed by atoms with Crippen molar-refractivity contribution >= 4 is 40.1 Å². The third kappa shape index (κ3) is 4.83. The first-order valence-corrected chi connectivity index (χ1v) is 18.3. The summed E-state index contributed by atoms with van der Waals surface area (Å²) in [6, 6.07) is 34.9. The van der Waals surface area contributed by atoms with Crippen molar-refractivity contribution in [3.8, 4) is 119 Å². The van der Waals surface area contributed by atoms with E-state index in [0.29, 0.717) is 11.1 Å². The van der Waals surface area contributed by atoms with E-state index in [9.17, 15) is 35.7 Å². The van der Waals surface area contributed by atoms with Crippen molar-refractivity contribution < 1.29 is 49.9 Å². The predicted molar refractivity (Wildman–Crippen MR) is 219 cm³/mol. The van der Waals surface area contributed by atoms with Crippen molar-refractivity contribution in [3.05, 3.63) is 109 Å². The summed E-state index contributed by atoms with van der Waals surface area (Å²) in [5.41, 5.74) is 4.52. The van der Waals surface area contributed by atoms with Crippen molar-refractivity contribution in [2.75, 3.05) is 0 Å². The molecule has 59 heavy (non-hydrogen) atoms. The van der Waals surface area contributed by atoms with Crippen molar-refractivity contribution in [1.82, 2.24) is 15.0 Å². The van der Waals surface area contributed by atoms with Crippen LogP contribution in [0.3, 0.4) is 0 Å².